The highest BCUT2D eigenvalue weighted by atomic mass is 32.2. The Morgan fingerprint density at radius 3 is 2.24 bits per heavy atom. The second kappa shape index (κ2) is 11.3. The summed E-state index contributed by atoms with van der Waals surface area (Å²) in [7, 11) is -3.78. The first-order valence-corrected chi connectivity index (χ1v) is 12.7. The minimum atomic E-state index is -3.78. The monoisotopic (exact) mass is 477 g/mol. The third-order valence-electron chi connectivity index (χ3n) is 5.44. The molecule has 0 aliphatic rings. The molecule has 0 saturated carbocycles. The maximum Gasteiger partial charge on any atom is 0.244 e. The number of hydrogen-bond acceptors (Lipinski definition) is 4. The highest BCUT2D eigenvalue weighted by Crippen LogP contribution is 2.22. The van der Waals surface area contributed by atoms with Crippen LogP contribution in [0.25, 0.3) is 0 Å². The smallest absolute Gasteiger partial charge is 0.244 e. The number of amides is 2. The Labute approximate surface area is 195 Å². The van der Waals surface area contributed by atoms with Gasteiger partial charge in [0.2, 0.25) is 21.8 Å². The van der Waals surface area contributed by atoms with Crippen LogP contribution in [-0.2, 0) is 26.2 Å². The number of hydrogen-bond donors (Lipinski definition) is 1. The van der Waals surface area contributed by atoms with Crippen LogP contribution < -0.4 is 9.62 Å². The third-order valence-corrected chi connectivity index (χ3v) is 6.58. The molecule has 9 heteroatoms. The molecule has 1 atom stereocenters. The molecule has 1 N–H and O–H groups in total. The summed E-state index contributed by atoms with van der Waals surface area (Å²) < 4.78 is 39.5. The molecular weight excluding hydrogens is 445 g/mol. The molecule has 180 valence electrons. The number of nitrogens with zero attached hydrogens (tertiary/aromatic N) is 2. The molecule has 0 heterocycles. The number of nitrogens with one attached hydrogen (secondary N) is 1. The summed E-state index contributed by atoms with van der Waals surface area (Å²) >= 11 is 0. The van der Waals surface area contributed by atoms with Crippen LogP contribution >= 0.6 is 0 Å². The van der Waals surface area contributed by atoms with Gasteiger partial charge in [-0.25, -0.2) is 12.8 Å². The first-order valence-electron chi connectivity index (χ1n) is 10.8. The van der Waals surface area contributed by atoms with Crippen LogP contribution in [0.2, 0.25) is 0 Å². The van der Waals surface area contributed by atoms with E-state index in [1.807, 2.05) is 20.8 Å². The number of carbonyl (C=O) groups is 2. The molecule has 0 radical (unpaired) electrons. The van der Waals surface area contributed by atoms with Crippen molar-refractivity contribution in [2.24, 2.45) is 0 Å². The van der Waals surface area contributed by atoms with Gasteiger partial charge in [-0.2, -0.15) is 0 Å². The Bertz CT molecular complexity index is 1090. The van der Waals surface area contributed by atoms with Crippen molar-refractivity contribution in [1.82, 2.24) is 10.2 Å². The molecule has 2 rings (SSSR count). The maximum atomic E-state index is 13.4. The van der Waals surface area contributed by atoms with Crippen LogP contribution in [0, 0.1) is 19.7 Å². The highest BCUT2D eigenvalue weighted by molar-refractivity contribution is 7.92. The molecule has 0 aliphatic heterocycles. The van der Waals surface area contributed by atoms with Gasteiger partial charge in [-0.1, -0.05) is 25.1 Å². The maximum absolute atomic E-state index is 13.4. The Hall–Kier alpha value is -2.94. The van der Waals surface area contributed by atoms with Crippen molar-refractivity contribution in [1.29, 1.82) is 0 Å². The van der Waals surface area contributed by atoms with E-state index in [0.29, 0.717) is 17.8 Å². The lowest BCUT2D eigenvalue weighted by Crippen LogP contribution is -2.51. The Kier molecular flexibility index (Phi) is 8.99. The summed E-state index contributed by atoms with van der Waals surface area (Å²) in [6.07, 6.45) is 1.77. The van der Waals surface area contributed by atoms with Crippen LogP contribution in [0.3, 0.4) is 0 Å². The molecule has 0 aliphatic carbocycles. The lowest BCUT2D eigenvalue weighted by molar-refractivity contribution is -0.139. The largest absolute Gasteiger partial charge is 0.354 e. The number of rotatable bonds is 10. The van der Waals surface area contributed by atoms with Crippen molar-refractivity contribution in [3.8, 4) is 0 Å². The van der Waals surface area contributed by atoms with Crippen molar-refractivity contribution in [3.63, 3.8) is 0 Å². The summed E-state index contributed by atoms with van der Waals surface area (Å²) in [6.45, 7) is 7.31. The summed E-state index contributed by atoms with van der Waals surface area (Å²) in [5, 5.41) is 2.77. The fourth-order valence-corrected chi connectivity index (χ4v) is 4.10. The number of aryl methyl sites for hydroxylation is 2. The summed E-state index contributed by atoms with van der Waals surface area (Å²) in [5.74, 6) is -1.30. The van der Waals surface area contributed by atoms with Gasteiger partial charge in [0.15, 0.2) is 0 Å². The van der Waals surface area contributed by atoms with Crippen LogP contribution in [0.5, 0.6) is 0 Å². The molecule has 33 heavy (non-hydrogen) atoms. The van der Waals surface area contributed by atoms with Gasteiger partial charge in [-0.3, -0.25) is 13.9 Å². The zero-order valence-electron chi connectivity index (χ0n) is 19.8. The topological polar surface area (TPSA) is 86.8 Å². The van der Waals surface area contributed by atoms with E-state index >= 15 is 0 Å². The molecule has 0 unspecified atom stereocenters. The molecule has 0 saturated heterocycles. The van der Waals surface area contributed by atoms with Crippen LogP contribution in [-0.4, -0.2) is 50.5 Å². The number of carbonyl (C=O) groups excluding carboxylic acids is 2. The van der Waals surface area contributed by atoms with E-state index in [9.17, 15) is 22.4 Å². The van der Waals surface area contributed by atoms with E-state index in [4.69, 9.17) is 0 Å². The molecule has 2 amide bonds. The summed E-state index contributed by atoms with van der Waals surface area (Å²) in [5.41, 5.74) is 2.89. The van der Waals surface area contributed by atoms with Gasteiger partial charge in [-0.15, -0.1) is 0 Å². The molecule has 2 aromatic rings. The van der Waals surface area contributed by atoms with Gasteiger partial charge in [-0.05, 0) is 68.1 Å². The number of halogens is 1. The number of benzene rings is 2. The van der Waals surface area contributed by atoms with E-state index < -0.39 is 34.3 Å². The van der Waals surface area contributed by atoms with Gasteiger partial charge >= 0.3 is 0 Å². The summed E-state index contributed by atoms with van der Waals surface area (Å²) in [4.78, 5) is 27.3. The van der Waals surface area contributed by atoms with Crippen LogP contribution in [0.15, 0.2) is 42.5 Å². The first kappa shape index (κ1) is 26.3. The highest BCUT2D eigenvalue weighted by Gasteiger charge is 2.30. The first-order chi connectivity index (χ1) is 15.4. The predicted octanol–water partition coefficient (Wildman–Crippen LogP) is 3.15. The van der Waals surface area contributed by atoms with E-state index in [0.717, 1.165) is 28.1 Å². The van der Waals surface area contributed by atoms with Crippen molar-refractivity contribution in [2.75, 3.05) is 23.7 Å². The molecule has 0 fully saturated rings. The van der Waals surface area contributed by atoms with E-state index in [1.165, 1.54) is 29.2 Å². The van der Waals surface area contributed by atoms with Crippen molar-refractivity contribution < 1.29 is 22.4 Å². The van der Waals surface area contributed by atoms with Gasteiger partial charge in [0.25, 0.3) is 0 Å². The molecule has 2 aromatic carbocycles. The third kappa shape index (κ3) is 7.28. The van der Waals surface area contributed by atoms with Crippen molar-refractivity contribution in [2.45, 2.75) is 46.7 Å². The lowest BCUT2D eigenvalue weighted by atomic mass is 10.1. The standard InChI is InChI=1S/C24H32FN3O4S/c1-6-13-26-24(30)19(4)27(15-20-8-10-21(25)11-9-20)23(29)16-28(33(5,31)32)22-12-7-17(2)18(3)14-22/h7-12,14,19H,6,13,15-16H2,1-5H3,(H,26,30)/t19-/m0/s1. The zero-order valence-corrected chi connectivity index (χ0v) is 20.6. The molecular formula is C24H32FN3O4S. The second-order valence-electron chi connectivity index (χ2n) is 8.15. The Morgan fingerprint density at radius 1 is 1.06 bits per heavy atom. The number of sulfonamides is 1. The average molecular weight is 478 g/mol. The lowest BCUT2D eigenvalue weighted by Gasteiger charge is -2.31. The van der Waals surface area contributed by atoms with Crippen LogP contribution in [0.4, 0.5) is 10.1 Å². The van der Waals surface area contributed by atoms with Gasteiger partial charge in [0.05, 0.1) is 11.9 Å². The zero-order chi connectivity index (χ0) is 24.8. The van der Waals surface area contributed by atoms with E-state index in [-0.39, 0.29) is 12.5 Å². The van der Waals surface area contributed by atoms with Crippen molar-refractivity contribution >= 4 is 27.5 Å². The van der Waals surface area contributed by atoms with Crippen molar-refractivity contribution in [3.05, 3.63) is 65.0 Å². The minimum Gasteiger partial charge on any atom is -0.354 e. The predicted molar refractivity (Wildman–Crippen MR) is 128 cm³/mol. The average Bonchev–Trinajstić information content (AvgIpc) is 2.76. The Morgan fingerprint density at radius 2 is 1.70 bits per heavy atom. The molecule has 0 spiro atoms. The SMILES string of the molecule is CCCNC(=O)[C@H](C)N(Cc1ccc(F)cc1)C(=O)CN(c1ccc(C)c(C)c1)S(C)(=O)=O. The van der Waals surface area contributed by atoms with Gasteiger partial charge in [0, 0.05) is 13.1 Å². The Balaban J connectivity index is 2.38. The van der Waals surface area contributed by atoms with E-state index in [1.54, 1.807) is 25.1 Å². The second-order valence-corrected chi connectivity index (χ2v) is 10.1. The fraction of sp³-hybridized carbons (Fsp3) is 0.417. The summed E-state index contributed by atoms with van der Waals surface area (Å²) in [6, 6.07) is 9.92. The normalized spacial score (nSPS) is 12.2. The van der Waals surface area contributed by atoms with Gasteiger partial charge in [0.1, 0.15) is 18.4 Å². The fourth-order valence-electron chi connectivity index (χ4n) is 3.26. The molecule has 7 nitrogen and oxygen atoms in total. The van der Waals surface area contributed by atoms with Gasteiger partial charge < -0.3 is 10.2 Å². The van der Waals surface area contributed by atoms with Crippen LogP contribution in [0.1, 0.15) is 37.0 Å². The minimum absolute atomic E-state index is 0.0321. The number of anilines is 1. The molecule has 0 aromatic heterocycles. The molecule has 0 bridgehead atoms. The van der Waals surface area contributed by atoms with E-state index in [2.05, 4.69) is 5.32 Å². The quantitative estimate of drug-likeness (QED) is 0.570.